The summed E-state index contributed by atoms with van der Waals surface area (Å²) in [6.07, 6.45) is -3.92. The van der Waals surface area contributed by atoms with Crippen LogP contribution in [0, 0.1) is 12.7 Å². The van der Waals surface area contributed by atoms with Crippen LogP contribution >= 0.6 is 0 Å². The molecule has 0 aliphatic carbocycles. The monoisotopic (exact) mass is 383 g/mol. The summed E-state index contributed by atoms with van der Waals surface area (Å²) in [5, 5.41) is 3.59. The summed E-state index contributed by atoms with van der Waals surface area (Å²) in [4.78, 5) is 26.5. The van der Waals surface area contributed by atoms with Crippen molar-refractivity contribution in [3.63, 3.8) is 0 Å². The number of esters is 1. The van der Waals surface area contributed by atoms with Gasteiger partial charge >= 0.3 is 12.1 Å². The van der Waals surface area contributed by atoms with Crippen LogP contribution in [0.1, 0.15) is 28.5 Å². The summed E-state index contributed by atoms with van der Waals surface area (Å²) in [6.45, 7) is 2.81. The molecule has 0 fully saturated rings. The van der Waals surface area contributed by atoms with Crippen molar-refractivity contribution in [3.8, 4) is 11.3 Å². The molecule has 142 valence electrons. The highest BCUT2D eigenvalue weighted by molar-refractivity contribution is 5.91. The van der Waals surface area contributed by atoms with Gasteiger partial charge in [0.1, 0.15) is 16.9 Å². The number of aromatic nitrogens is 3. The van der Waals surface area contributed by atoms with E-state index in [1.165, 1.54) is 19.1 Å². The first-order chi connectivity index (χ1) is 12.6. The van der Waals surface area contributed by atoms with Crippen LogP contribution in [0.25, 0.3) is 16.8 Å². The zero-order valence-electron chi connectivity index (χ0n) is 14.1. The number of nitrogens with zero attached hydrogens (tertiary/aromatic N) is 2. The van der Waals surface area contributed by atoms with Gasteiger partial charge in [-0.1, -0.05) is 12.1 Å². The first-order valence-corrected chi connectivity index (χ1v) is 7.80. The molecule has 0 aliphatic heterocycles. The number of aromatic amines is 1. The minimum absolute atomic E-state index is 0.0398. The highest BCUT2D eigenvalue weighted by atomic mass is 19.4. The molecule has 10 heteroatoms. The molecule has 0 spiro atoms. The van der Waals surface area contributed by atoms with Crippen molar-refractivity contribution >= 4 is 11.5 Å². The molecule has 0 radical (unpaired) electrons. The summed E-state index contributed by atoms with van der Waals surface area (Å²) in [6, 6.07) is 4.09. The van der Waals surface area contributed by atoms with E-state index in [9.17, 15) is 27.2 Å². The van der Waals surface area contributed by atoms with Gasteiger partial charge in [0.15, 0.2) is 5.69 Å². The Labute approximate surface area is 149 Å². The van der Waals surface area contributed by atoms with Crippen LogP contribution in [0.4, 0.5) is 17.6 Å². The van der Waals surface area contributed by atoms with Gasteiger partial charge in [0.05, 0.1) is 18.5 Å². The lowest BCUT2D eigenvalue weighted by Crippen LogP contribution is -2.18. The number of rotatable bonds is 3. The lowest BCUT2D eigenvalue weighted by Gasteiger charge is -2.07. The number of carbonyl (C=O) groups is 1. The quantitative estimate of drug-likeness (QED) is 0.556. The minimum Gasteiger partial charge on any atom is -0.461 e. The van der Waals surface area contributed by atoms with E-state index in [2.05, 4.69) is 14.8 Å². The molecule has 0 amide bonds. The molecular formula is C17H13F4N3O3. The summed E-state index contributed by atoms with van der Waals surface area (Å²) < 4.78 is 59.4. The van der Waals surface area contributed by atoms with E-state index in [0.29, 0.717) is 10.1 Å². The zero-order chi connectivity index (χ0) is 19.9. The predicted molar refractivity (Wildman–Crippen MR) is 86.9 cm³/mol. The molecule has 3 rings (SSSR count). The summed E-state index contributed by atoms with van der Waals surface area (Å²) in [7, 11) is 0. The van der Waals surface area contributed by atoms with Crippen molar-refractivity contribution in [2.75, 3.05) is 6.61 Å². The second-order valence-electron chi connectivity index (χ2n) is 5.70. The molecule has 27 heavy (non-hydrogen) atoms. The van der Waals surface area contributed by atoms with Gasteiger partial charge in [0.2, 0.25) is 0 Å². The van der Waals surface area contributed by atoms with E-state index in [-0.39, 0.29) is 17.9 Å². The molecule has 3 aromatic rings. The molecule has 0 unspecified atom stereocenters. The van der Waals surface area contributed by atoms with Gasteiger partial charge in [-0.15, -0.1) is 0 Å². The Hall–Kier alpha value is -3.17. The number of H-pyrrole nitrogens is 1. The van der Waals surface area contributed by atoms with E-state index in [4.69, 9.17) is 0 Å². The van der Waals surface area contributed by atoms with Crippen molar-refractivity contribution in [2.24, 2.45) is 0 Å². The highest BCUT2D eigenvalue weighted by Gasteiger charge is 2.42. The van der Waals surface area contributed by atoms with Crippen LogP contribution in [0.15, 0.2) is 29.2 Å². The number of alkyl halides is 3. The molecule has 0 aliphatic rings. The Kier molecular flexibility index (Phi) is 4.50. The smallest absolute Gasteiger partial charge is 0.421 e. The lowest BCUT2D eigenvalue weighted by molar-refractivity contribution is -0.136. The molecule has 2 aromatic heterocycles. The maximum atomic E-state index is 13.8. The van der Waals surface area contributed by atoms with Gasteiger partial charge in [0.25, 0.3) is 5.56 Å². The third-order valence-corrected chi connectivity index (χ3v) is 3.86. The average molecular weight is 383 g/mol. The van der Waals surface area contributed by atoms with Crippen LogP contribution in [0.2, 0.25) is 0 Å². The number of nitrogens with one attached hydrogen (secondary N) is 1. The topological polar surface area (TPSA) is 76.5 Å². The van der Waals surface area contributed by atoms with Crippen LogP contribution in [0.5, 0.6) is 0 Å². The fourth-order valence-electron chi connectivity index (χ4n) is 2.60. The van der Waals surface area contributed by atoms with Gasteiger partial charge in [0, 0.05) is 5.56 Å². The number of ether oxygens (including phenoxy) is 1. The van der Waals surface area contributed by atoms with E-state index < -0.39 is 40.3 Å². The van der Waals surface area contributed by atoms with Crippen LogP contribution in [-0.2, 0) is 10.9 Å². The number of fused-ring (bicyclic) bond motifs is 1. The first-order valence-electron chi connectivity index (χ1n) is 7.80. The third-order valence-electron chi connectivity index (χ3n) is 3.86. The number of benzene rings is 1. The van der Waals surface area contributed by atoms with Crippen LogP contribution < -0.4 is 5.56 Å². The molecule has 1 aromatic carbocycles. The molecule has 0 atom stereocenters. The summed E-state index contributed by atoms with van der Waals surface area (Å²) in [5.41, 5.74) is -3.82. The molecule has 1 N–H and O–H groups in total. The second kappa shape index (κ2) is 6.53. The van der Waals surface area contributed by atoms with Crippen molar-refractivity contribution in [3.05, 3.63) is 57.4 Å². The van der Waals surface area contributed by atoms with Gasteiger partial charge in [-0.05, 0) is 25.5 Å². The second-order valence-corrected chi connectivity index (χ2v) is 5.70. The maximum Gasteiger partial charge on any atom is 0.421 e. The highest BCUT2D eigenvalue weighted by Crippen LogP contribution is 2.34. The van der Waals surface area contributed by atoms with E-state index >= 15 is 0 Å². The van der Waals surface area contributed by atoms with Gasteiger partial charge in [-0.25, -0.2) is 13.7 Å². The Morgan fingerprint density at radius 1 is 1.33 bits per heavy atom. The number of hydrogen-bond donors (Lipinski definition) is 1. The average Bonchev–Trinajstić information content (AvgIpc) is 2.98. The zero-order valence-corrected chi connectivity index (χ0v) is 14.1. The number of hydrogen-bond acceptors (Lipinski definition) is 4. The Balaban J connectivity index is 2.28. The SMILES string of the molecule is CCOC(=O)c1nn2cc(-c3ccc(C)c(F)c3)[nH]c(=O)c2c1C(F)(F)F. The van der Waals surface area contributed by atoms with Gasteiger partial charge in [-0.3, -0.25) is 4.79 Å². The van der Waals surface area contributed by atoms with E-state index in [0.717, 1.165) is 12.3 Å². The van der Waals surface area contributed by atoms with Crippen molar-refractivity contribution in [1.29, 1.82) is 0 Å². The fourth-order valence-corrected chi connectivity index (χ4v) is 2.60. The van der Waals surface area contributed by atoms with Crippen molar-refractivity contribution in [1.82, 2.24) is 14.6 Å². The number of halogens is 4. The Morgan fingerprint density at radius 2 is 2.04 bits per heavy atom. The van der Waals surface area contributed by atoms with E-state index in [1.54, 1.807) is 6.92 Å². The van der Waals surface area contributed by atoms with E-state index in [1.807, 2.05) is 0 Å². The maximum absolute atomic E-state index is 13.8. The minimum atomic E-state index is -5.01. The first kappa shape index (κ1) is 18.6. The molecular weight excluding hydrogens is 370 g/mol. The van der Waals surface area contributed by atoms with Crippen molar-refractivity contribution < 1.29 is 27.1 Å². The fraction of sp³-hybridized carbons (Fsp3) is 0.235. The summed E-state index contributed by atoms with van der Waals surface area (Å²) in [5.74, 6) is -1.84. The number of carbonyl (C=O) groups excluding carboxylic acids is 1. The number of aryl methyl sites for hydroxylation is 1. The van der Waals surface area contributed by atoms with Gasteiger partial charge < -0.3 is 9.72 Å². The molecule has 2 heterocycles. The van der Waals surface area contributed by atoms with Crippen LogP contribution in [0.3, 0.4) is 0 Å². The normalized spacial score (nSPS) is 11.8. The predicted octanol–water partition coefficient (Wildman–Crippen LogP) is 3.33. The Bertz CT molecular complexity index is 1100. The molecule has 0 saturated heterocycles. The summed E-state index contributed by atoms with van der Waals surface area (Å²) >= 11 is 0. The standard InChI is InChI=1S/C17H13F4N3O3/c1-3-27-16(26)13-12(17(19,20)21)14-15(25)22-11(7-24(14)23-13)9-5-4-8(2)10(18)6-9/h4-7H,3H2,1-2H3,(H,22,25). The van der Waals surface area contributed by atoms with Crippen molar-refractivity contribution in [2.45, 2.75) is 20.0 Å². The third kappa shape index (κ3) is 3.29. The largest absolute Gasteiger partial charge is 0.461 e. The van der Waals surface area contributed by atoms with Gasteiger partial charge in [-0.2, -0.15) is 18.3 Å². The lowest BCUT2D eigenvalue weighted by atomic mass is 10.1. The van der Waals surface area contributed by atoms with Crippen LogP contribution in [-0.4, -0.2) is 27.2 Å². The Morgan fingerprint density at radius 3 is 2.63 bits per heavy atom. The molecule has 6 nitrogen and oxygen atoms in total. The molecule has 0 saturated carbocycles. The molecule has 0 bridgehead atoms.